The molecule has 2 N–H and O–H groups in total. The van der Waals surface area contributed by atoms with Gasteiger partial charge in [-0.15, -0.1) is 0 Å². The van der Waals surface area contributed by atoms with Crippen LogP contribution in [0, 0.1) is 5.92 Å². The Morgan fingerprint density at radius 1 is 1.27 bits per heavy atom. The molecule has 0 unspecified atom stereocenters. The molecule has 1 aliphatic rings. The molecule has 2 heterocycles. The largest absolute Gasteiger partial charge is 0.417 e. The SMILES string of the molecule is CC[C@@H]1c2cc3c(C(F)(F)F)cc(=O)[nH]c3cc2NC[C@@H]1C. The zero-order valence-electron chi connectivity index (χ0n) is 12.3. The maximum Gasteiger partial charge on any atom is 0.417 e. The number of hydrogen-bond donors (Lipinski definition) is 2. The summed E-state index contributed by atoms with van der Waals surface area (Å²) in [7, 11) is 0. The van der Waals surface area contributed by atoms with Gasteiger partial charge in [-0.25, -0.2) is 0 Å². The minimum atomic E-state index is -4.55. The predicted molar refractivity (Wildman–Crippen MR) is 80.3 cm³/mol. The van der Waals surface area contributed by atoms with Gasteiger partial charge in [0.1, 0.15) is 0 Å². The summed E-state index contributed by atoms with van der Waals surface area (Å²) in [4.78, 5) is 14.0. The van der Waals surface area contributed by atoms with Crippen LogP contribution < -0.4 is 10.9 Å². The van der Waals surface area contributed by atoms with Gasteiger partial charge in [0.2, 0.25) is 5.56 Å². The van der Waals surface area contributed by atoms with Crippen molar-refractivity contribution in [1.29, 1.82) is 0 Å². The van der Waals surface area contributed by atoms with Crippen molar-refractivity contribution in [3.05, 3.63) is 39.7 Å². The lowest BCUT2D eigenvalue weighted by Gasteiger charge is -2.32. The number of fused-ring (bicyclic) bond motifs is 2. The molecule has 0 fully saturated rings. The third-order valence-corrected chi connectivity index (χ3v) is 4.46. The Morgan fingerprint density at radius 3 is 2.64 bits per heavy atom. The van der Waals surface area contributed by atoms with Gasteiger partial charge in [-0.1, -0.05) is 13.8 Å². The van der Waals surface area contributed by atoms with E-state index < -0.39 is 17.3 Å². The minimum Gasteiger partial charge on any atom is -0.384 e. The van der Waals surface area contributed by atoms with E-state index in [2.05, 4.69) is 17.2 Å². The van der Waals surface area contributed by atoms with E-state index in [4.69, 9.17) is 0 Å². The number of nitrogens with one attached hydrogen (secondary N) is 2. The molecule has 2 aromatic rings. The van der Waals surface area contributed by atoms with Crippen LogP contribution in [-0.2, 0) is 6.18 Å². The molecule has 1 aromatic heterocycles. The number of alkyl halides is 3. The lowest BCUT2D eigenvalue weighted by Crippen LogP contribution is -2.25. The van der Waals surface area contributed by atoms with Crippen LogP contribution in [0.15, 0.2) is 23.0 Å². The molecule has 0 saturated heterocycles. The second kappa shape index (κ2) is 5.04. The Balaban J connectivity index is 2.32. The van der Waals surface area contributed by atoms with E-state index in [1.54, 1.807) is 12.1 Å². The Kier molecular flexibility index (Phi) is 3.42. The quantitative estimate of drug-likeness (QED) is 0.833. The van der Waals surface area contributed by atoms with Crippen LogP contribution in [0.25, 0.3) is 10.9 Å². The first kappa shape index (κ1) is 14.9. The average molecular weight is 310 g/mol. The highest BCUT2D eigenvalue weighted by atomic mass is 19.4. The summed E-state index contributed by atoms with van der Waals surface area (Å²) in [5, 5.41) is 3.30. The molecule has 6 heteroatoms. The highest BCUT2D eigenvalue weighted by molar-refractivity contribution is 5.87. The topological polar surface area (TPSA) is 44.9 Å². The van der Waals surface area contributed by atoms with Gasteiger partial charge in [0.05, 0.1) is 11.1 Å². The van der Waals surface area contributed by atoms with Crippen LogP contribution in [0.5, 0.6) is 0 Å². The fourth-order valence-electron chi connectivity index (χ4n) is 3.36. The summed E-state index contributed by atoms with van der Waals surface area (Å²) < 4.78 is 39.7. The molecule has 1 aliphatic heterocycles. The zero-order valence-corrected chi connectivity index (χ0v) is 12.3. The normalized spacial score (nSPS) is 21.5. The second-order valence-electron chi connectivity index (χ2n) is 5.90. The van der Waals surface area contributed by atoms with Gasteiger partial charge in [-0.2, -0.15) is 13.2 Å². The van der Waals surface area contributed by atoms with Gasteiger partial charge in [0.15, 0.2) is 0 Å². The maximum absolute atomic E-state index is 13.2. The third kappa shape index (κ3) is 2.36. The van der Waals surface area contributed by atoms with E-state index in [1.807, 2.05) is 6.92 Å². The molecular weight excluding hydrogens is 293 g/mol. The number of pyridine rings is 1. The van der Waals surface area contributed by atoms with Gasteiger partial charge >= 0.3 is 6.18 Å². The monoisotopic (exact) mass is 310 g/mol. The summed E-state index contributed by atoms with van der Waals surface area (Å²) in [6, 6.07) is 3.84. The molecule has 0 amide bonds. The molecular formula is C16H17F3N2O. The third-order valence-electron chi connectivity index (χ3n) is 4.46. The van der Waals surface area contributed by atoms with Crippen molar-refractivity contribution in [2.75, 3.05) is 11.9 Å². The summed E-state index contributed by atoms with van der Waals surface area (Å²) >= 11 is 0. The van der Waals surface area contributed by atoms with E-state index in [9.17, 15) is 18.0 Å². The van der Waals surface area contributed by atoms with Gasteiger partial charge in [0, 0.05) is 23.7 Å². The number of halogens is 3. The van der Waals surface area contributed by atoms with Crippen molar-refractivity contribution >= 4 is 16.6 Å². The number of aromatic amines is 1. The second-order valence-corrected chi connectivity index (χ2v) is 5.90. The zero-order chi connectivity index (χ0) is 16.1. The summed E-state index contributed by atoms with van der Waals surface area (Å²) in [5.41, 5.74) is 0.312. The molecule has 3 nitrogen and oxygen atoms in total. The highest BCUT2D eigenvalue weighted by Crippen LogP contribution is 2.41. The predicted octanol–water partition coefficient (Wildman–Crippen LogP) is 4.10. The van der Waals surface area contributed by atoms with Crippen molar-refractivity contribution in [2.45, 2.75) is 32.4 Å². The Hall–Kier alpha value is -1.98. The molecule has 0 bridgehead atoms. The van der Waals surface area contributed by atoms with Gasteiger partial charge in [0.25, 0.3) is 0 Å². The summed E-state index contributed by atoms with van der Waals surface area (Å²) in [6.45, 7) is 4.91. The number of rotatable bonds is 1. The van der Waals surface area contributed by atoms with Crippen LogP contribution in [0.4, 0.5) is 18.9 Å². The smallest absolute Gasteiger partial charge is 0.384 e. The van der Waals surface area contributed by atoms with Crippen molar-refractivity contribution < 1.29 is 13.2 Å². The van der Waals surface area contributed by atoms with Crippen molar-refractivity contribution in [1.82, 2.24) is 4.98 Å². The van der Waals surface area contributed by atoms with Crippen molar-refractivity contribution in [2.24, 2.45) is 5.92 Å². The molecule has 2 atom stereocenters. The molecule has 0 radical (unpaired) electrons. The van der Waals surface area contributed by atoms with Gasteiger partial charge in [-0.3, -0.25) is 4.79 Å². The molecule has 3 rings (SSSR count). The van der Waals surface area contributed by atoms with Gasteiger partial charge in [-0.05, 0) is 36.0 Å². The van der Waals surface area contributed by atoms with Crippen LogP contribution in [0.3, 0.4) is 0 Å². The Bertz CT molecular complexity index is 779. The van der Waals surface area contributed by atoms with E-state index >= 15 is 0 Å². The number of aromatic nitrogens is 1. The molecule has 118 valence electrons. The standard InChI is InChI=1S/C16H17F3N2O/c1-3-9-8(2)7-20-13-6-14-11(4-10(9)13)12(16(17,18)19)5-15(22)21-14/h4-6,8-9,20H,3,7H2,1-2H3,(H,21,22)/t8-,9-/m0/s1. The fourth-order valence-corrected chi connectivity index (χ4v) is 3.36. The van der Waals surface area contributed by atoms with E-state index in [1.165, 1.54) is 0 Å². The molecule has 0 aliphatic carbocycles. The van der Waals surface area contributed by atoms with E-state index in [-0.39, 0.29) is 16.8 Å². The molecule has 22 heavy (non-hydrogen) atoms. The Morgan fingerprint density at radius 2 is 2.00 bits per heavy atom. The first-order valence-electron chi connectivity index (χ1n) is 7.33. The number of hydrogen-bond acceptors (Lipinski definition) is 2. The van der Waals surface area contributed by atoms with Crippen molar-refractivity contribution in [3.8, 4) is 0 Å². The first-order chi connectivity index (χ1) is 10.3. The van der Waals surface area contributed by atoms with Crippen LogP contribution in [0.2, 0.25) is 0 Å². The summed E-state index contributed by atoms with van der Waals surface area (Å²) in [6.07, 6.45) is -3.68. The highest BCUT2D eigenvalue weighted by Gasteiger charge is 2.34. The fraction of sp³-hybridized carbons (Fsp3) is 0.438. The van der Waals surface area contributed by atoms with Crippen LogP contribution >= 0.6 is 0 Å². The first-order valence-corrected chi connectivity index (χ1v) is 7.33. The lowest BCUT2D eigenvalue weighted by molar-refractivity contribution is -0.136. The minimum absolute atomic E-state index is 0.0557. The van der Waals surface area contributed by atoms with E-state index in [0.29, 0.717) is 12.0 Å². The molecule has 0 saturated carbocycles. The maximum atomic E-state index is 13.2. The van der Waals surface area contributed by atoms with Crippen LogP contribution in [-0.4, -0.2) is 11.5 Å². The number of benzene rings is 1. The number of H-pyrrole nitrogens is 1. The van der Waals surface area contributed by atoms with Crippen molar-refractivity contribution in [3.63, 3.8) is 0 Å². The lowest BCUT2D eigenvalue weighted by atomic mass is 9.80. The van der Waals surface area contributed by atoms with Gasteiger partial charge < -0.3 is 10.3 Å². The van der Waals surface area contributed by atoms with E-state index in [0.717, 1.165) is 24.2 Å². The molecule has 1 aromatic carbocycles. The van der Waals surface area contributed by atoms with Crippen LogP contribution in [0.1, 0.15) is 37.3 Å². The summed E-state index contributed by atoms with van der Waals surface area (Å²) in [5.74, 6) is 0.570. The number of anilines is 1. The molecule has 0 spiro atoms. The Labute approximate surface area is 125 Å². The average Bonchev–Trinajstić information content (AvgIpc) is 2.43.